The van der Waals surface area contributed by atoms with E-state index in [0.717, 1.165) is 6.42 Å². The van der Waals surface area contributed by atoms with Gasteiger partial charge in [-0.3, -0.25) is 14.4 Å². The zero-order chi connectivity index (χ0) is 45.3. The van der Waals surface area contributed by atoms with E-state index < -0.39 is 82.1 Å². The highest BCUT2D eigenvalue weighted by Crippen LogP contribution is 2.44. The molecule has 3 aromatic carbocycles. The van der Waals surface area contributed by atoms with Gasteiger partial charge in [0.2, 0.25) is 10.9 Å². The molecule has 3 aliphatic heterocycles. The van der Waals surface area contributed by atoms with Gasteiger partial charge in [-0.05, 0) is 26.3 Å². The summed E-state index contributed by atoms with van der Waals surface area (Å²) in [6, 6.07) is 1.47. The Kier molecular flexibility index (Phi) is 11.8. The summed E-state index contributed by atoms with van der Waals surface area (Å²) in [7, 11) is 5.16. The number of aliphatic hydroxyl groups excluding tert-OH is 4. The number of nitrogens with zero attached hydrogens (tertiary/aromatic N) is 3. The molecule has 6 N–H and O–H groups in total. The van der Waals surface area contributed by atoms with E-state index in [-0.39, 0.29) is 60.8 Å². The van der Waals surface area contributed by atoms with Gasteiger partial charge in [0.05, 0.1) is 47.0 Å². The topological polar surface area (TPSA) is 225 Å². The van der Waals surface area contributed by atoms with Crippen LogP contribution in [0, 0.1) is 30.6 Å². The number of ether oxygens (including phenoxy) is 3. The van der Waals surface area contributed by atoms with E-state index in [0.29, 0.717) is 24.5 Å². The highest BCUT2D eigenvalue weighted by atomic mass is 16.7. The van der Waals surface area contributed by atoms with Gasteiger partial charge >= 0.3 is 5.79 Å². The molecule has 4 heterocycles. The lowest BCUT2D eigenvalue weighted by Gasteiger charge is -2.36. The molecular formula is C46H56N4O12. The maximum Gasteiger partial charge on any atom is 0.307 e. The smallest absolute Gasteiger partial charge is 0.307 e. The molecule has 62 heavy (non-hydrogen) atoms. The predicted octanol–water partition coefficient (Wildman–Crippen LogP) is 4.27. The summed E-state index contributed by atoms with van der Waals surface area (Å²) in [6.45, 7) is 12.6. The number of allylic oxidation sites excluding steroid dienone is 2. The number of aliphatic hydroxyl groups is 4. The Morgan fingerprint density at radius 1 is 0.887 bits per heavy atom. The van der Waals surface area contributed by atoms with Crippen molar-refractivity contribution in [3.05, 3.63) is 73.4 Å². The number of aromatic nitrogens is 1. The minimum absolute atomic E-state index is 0.0371. The third kappa shape index (κ3) is 7.21. The molecule has 0 saturated carbocycles. The summed E-state index contributed by atoms with van der Waals surface area (Å²) in [5, 5.41) is 60.2. The van der Waals surface area contributed by atoms with Gasteiger partial charge in [0.15, 0.2) is 22.4 Å². The quantitative estimate of drug-likeness (QED) is 0.116. The van der Waals surface area contributed by atoms with Gasteiger partial charge in [-0.1, -0.05) is 45.9 Å². The van der Waals surface area contributed by atoms with Crippen LogP contribution in [0.5, 0.6) is 11.5 Å². The number of anilines is 3. The molecule has 4 bridgehead atoms. The Morgan fingerprint density at radius 2 is 1.55 bits per heavy atom. The average Bonchev–Trinajstić information content (AvgIpc) is 3.42. The number of amides is 1. The van der Waals surface area contributed by atoms with E-state index in [1.54, 1.807) is 39.8 Å². The van der Waals surface area contributed by atoms with Crippen molar-refractivity contribution >= 4 is 61.7 Å². The van der Waals surface area contributed by atoms with Crippen LogP contribution < -0.4 is 35.9 Å². The molecule has 0 aliphatic carbocycles. The first-order valence-corrected chi connectivity index (χ1v) is 20.8. The molecule has 9 atom stereocenters. The minimum Gasteiger partial charge on any atom is -0.507 e. The van der Waals surface area contributed by atoms with Crippen molar-refractivity contribution in [2.75, 3.05) is 49.4 Å². The second-order valence-corrected chi connectivity index (χ2v) is 17.3. The minimum atomic E-state index is -1.95. The summed E-state index contributed by atoms with van der Waals surface area (Å²) in [6.07, 6.45) is 4.25. The number of phenols is 1. The second kappa shape index (κ2) is 16.5. The third-order valence-corrected chi connectivity index (χ3v) is 13.1. The Labute approximate surface area is 358 Å². The number of phenolic OH excluding ortho intramolecular Hbond substituents is 1. The molecule has 7 rings (SSSR count). The fourth-order valence-electron chi connectivity index (χ4n) is 8.96. The number of hydrogen-bond donors (Lipinski definition) is 6. The van der Waals surface area contributed by atoms with Crippen molar-refractivity contribution in [2.24, 2.45) is 23.7 Å². The van der Waals surface area contributed by atoms with Crippen LogP contribution in [0.3, 0.4) is 0 Å². The lowest BCUT2D eigenvalue weighted by molar-refractivity contribution is -0.112. The van der Waals surface area contributed by atoms with Crippen LogP contribution in [-0.4, -0.2) is 101 Å². The Morgan fingerprint density at radius 3 is 2.24 bits per heavy atom. The highest BCUT2D eigenvalue weighted by molar-refractivity contribution is 6.17. The van der Waals surface area contributed by atoms with Crippen LogP contribution in [0.15, 0.2) is 56.2 Å². The number of aromatic hydroxyl groups is 1. The van der Waals surface area contributed by atoms with Crippen molar-refractivity contribution in [2.45, 2.75) is 85.1 Å². The Balaban J connectivity index is 1.54. The molecule has 1 amide bonds. The van der Waals surface area contributed by atoms with Crippen molar-refractivity contribution in [1.82, 2.24) is 4.98 Å². The molecule has 1 aromatic heterocycles. The molecule has 16 nitrogen and oxygen atoms in total. The van der Waals surface area contributed by atoms with Crippen LogP contribution in [0.25, 0.3) is 38.7 Å². The first-order chi connectivity index (χ1) is 29.2. The van der Waals surface area contributed by atoms with E-state index in [1.807, 2.05) is 23.9 Å². The molecule has 3 aliphatic rings. The molecule has 0 fully saturated rings. The SMILES string of the molecule is CO[C@H]1/C=C/O[C@@]2(C)Oc3c(C)c(O)c4c(=O)c(c5oc6c7c(cc(=O)c6nc5c4c3=C2O)N(C)CCCN7C)NC(=O)/C(C)=C\C=C\[C@H](C)[C@H](O)[C@@H](C)[C@@H](O)[C@@H](C)[C@H](O)[C@@H]1C. The maximum atomic E-state index is 14.9. The largest absolute Gasteiger partial charge is 0.507 e. The fourth-order valence-corrected chi connectivity index (χ4v) is 8.96. The van der Waals surface area contributed by atoms with Crippen molar-refractivity contribution in [3.8, 4) is 11.5 Å². The number of carbonyl (C=O) groups excluding carboxylic acids is 1. The normalized spacial score (nSPS) is 30.8. The Bertz CT molecular complexity index is 2750. The number of carbonyl (C=O) groups is 1. The van der Waals surface area contributed by atoms with E-state index in [9.17, 15) is 39.9 Å². The second-order valence-electron chi connectivity index (χ2n) is 17.3. The lowest BCUT2D eigenvalue weighted by atomic mass is 9.78. The molecule has 332 valence electrons. The van der Waals surface area contributed by atoms with Gasteiger partial charge in [0.1, 0.15) is 28.4 Å². The fraction of sp³-hybridized carbons (Fsp3) is 0.478. The number of hydrogen-bond acceptors (Lipinski definition) is 15. The van der Waals surface area contributed by atoms with Crippen LogP contribution in [0.2, 0.25) is 0 Å². The molecule has 0 saturated heterocycles. The van der Waals surface area contributed by atoms with Gasteiger partial charge in [0, 0.05) is 87.5 Å². The lowest BCUT2D eigenvalue weighted by Crippen LogP contribution is -2.44. The van der Waals surface area contributed by atoms with Crippen LogP contribution in [-0.2, 0) is 14.3 Å². The third-order valence-electron chi connectivity index (χ3n) is 13.1. The van der Waals surface area contributed by atoms with Gasteiger partial charge in [-0.2, -0.15) is 0 Å². The first-order valence-electron chi connectivity index (χ1n) is 20.8. The summed E-state index contributed by atoms with van der Waals surface area (Å²) in [5.74, 6) is -6.21. The van der Waals surface area contributed by atoms with Crippen LogP contribution in [0.4, 0.5) is 17.1 Å². The molecule has 0 unspecified atom stereocenters. The molecule has 16 heteroatoms. The van der Waals surface area contributed by atoms with Crippen molar-refractivity contribution in [3.63, 3.8) is 0 Å². The molecular weight excluding hydrogens is 801 g/mol. The van der Waals surface area contributed by atoms with Gasteiger partial charge in [-0.15, -0.1) is 0 Å². The number of methoxy groups -OCH3 is 1. The zero-order valence-electron chi connectivity index (χ0n) is 36.6. The Hall–Kier alpha value is -5.68. The van der Waals surface area contributed by atoms with Crippen LogP contribution in [0.1, 0.15) is 53.5 Å². The number of nitrogens with one attached hydrogen (secondary N) is 1. The van der Waals surface area contributed by atoms with Gasteiger partial charge in [-0.25, -0.2) is 4.98 Å². The van der Waals surface area contributed by atoms with Crippen LogP contribution >= 0.6 is 0 Å². The molecule has 0 radical (unpaired) electrons. The summed E-state index contributed by atoms with van der Waals surface area (Å²) >= 11 is 0. The van der Waals surface area contributed by atoms with E-state index in [4.69, 9.17) is 23.6 Å². The maximum absolute atomic E-state index is 14.9. The molecule has 0 spiro atoms. The number of rotatable bonds is 1. The monoisotopic (exact) mass is 856 g/mol. The van der Waals surface area contributed by atoms with Crippen molar-refractivity contribution < 1.29 is 49.0 Å². The summed E-state index contributed by atoms with van der Waals surface area (Å²) in [5.41, 5.74) is -0.741. The number of fused-ring (bicyclic) bond motifs is 4. The van der Waals surface area contributed by atoms with Crippen molar-refractivity contribution in [1.29, 1.82) is 0 Å². The summed E-state index contributed by atoms with van der Waals surface area (Å²) < 4.78 is 24.7. The standard InChI is InChI=1S/C46H56N4O12/c1-20-13-11-14-21(2)45(58)48-34-40(56)30-29(33-42(34)61-43-32(47-33)27(51)19-26-35(43)50(9)17-12-16-49(26)8)31-41(25(6)39(30)55)62-46(7,44(31)57)60-18-15-28(59-10)22(3)37(53)24(5)38(54)23(4)36(20)52/h11,13-15,18-20,22-24,28,36-38,52-55,57H,12,16-17H2,1-10H3,(H,48,58)/b13-11+,18-15+,21-14-/t20-,22+,23+,24-,28-,36-,37+,38+,46-/m0/s1. The zero-order valence-corrected chi connectivity index (χ0v) is 36.6. The van der Waals surface area contributed by atoms with E-state index >= 15 is 0 Å². The molecule has 4 aromatic rings. The summed E-state index contributed by atoms with van der Waals surface area (Å²) in [4.78, 5) is 51.5. The van der Waals surface area contributed by atoms with E-state index in [2.05, 4.69) is 5.32 Å². The first kappa shape index (κ1) is 44.4. The predicted molar refractivity (Wildman–Crippen MR) is 237 cm³/mol. The van der Waals surface area contributed by atoms with Gasteiger partial charge in [0.25, 0.3) is 5.91 Å². The number of benzene rings is 3. The van der Waals surface area contributed by atoms with E-state index in [1.165, 1.54) is 52.4 Å². The van der Waals surface area contributed by atoms with Gasteiger partial charge < -0.3 is 59.3 Å². The highest BCUT2D eigenvalue weighted by Gasteiger charge is 2.44. The average molecular weight is 857 g/mol.